The average molecular weight is 150 g/mol. The van der Waals surface area contributed by atoms with Gasteiger partial charge in [0.2, 0.25) is 0 Å². The van der Waals surface area contributed by atoms with Gasteiger partial charge in [-0.15, -0.1) is 5.92 Å². The van der Waals surface area contributed by atoms with Crippen LogP contribution in [0.1, 0.15) is 52.4 Å². The minimum absolute atomic E-state index is 0.410. The molecule has 0 aromatic carbocycles. The van der Waals surface area contributed by atoms with Crippen LogP contribution in [0.2, 0.25) is 0 Å². The molecule has 0 aromatic rings. The topological polar surface area (TPSA) is 0 Å². The highest BCUT2D eigenvalue weighted by Gasteiger charge is 2.27. The first-order valence-electron chi connectivity index (χ1n) is 4.77. The molecule has 0 amide bonds. The third-order valence-electron chi connectivity index (χ3n) is 2.88. The van der Waals surface area contributed by atoms with Gasteiger partial charge in [0.25, 0.3) is 0 Å². The maximum atomic E-state index is 3.40. The largest absolute Gasteiger partial charge is 0.106 e. The van der Waals surface area contributed by atoms with E-state index in [1.807, 2.05) is 6.92 Å². The summed E-state index contributed by atoms with van der Waals surface area (Å²) in [6.45, 7) is 4.24. The first-order valence-corrected chi connectivity index (χ1v) is 4.77. The Labute approximate surface area is 70.4 Å². The molecule has 1 fully saturated rings. The SMILES string of the molecule is CC#CC1(CC)CCCCC1. The van der Waals surface area contributed by atoms with Crippen molar-refractivity contribution in [2.45, 2.75) is 52.4 Å². The van der Waals surface area contributed by atoms with Gasteiger partial charge in [-0.05, 0) is 26.2 Å². The molecule has 0 heteroatoms. The van der Waals surface area contributed by atoms with Crippen molar-refractivity contribution in [1.82, 2.24) is 0 Å². The van der Waals surface area contributed by atoms with Crippen LogP contribution in [0.3, 0.4) is 0 Å². The quantitative estimate of drug-likeness (QED) is 0.503. The minimum Gasteiger partial charge on any atom is -0.106 e. The Morgan fingerprint density at radius 2 is 1.82 bits per heavy atom. The van der Waals surface area contributed by atoms with Gasteiger partial charge in [0.05, 0.1) is 0 Å². The lowest BCUT2D eigenvalue weighted by Gasteiger charge is -2.31. The molecule has 11 heavy (non-hydrogen) atoms. The van der Waals surface area contributed by atoms with Crippen molar-refractivity contribution in [2.24, 2.45) is 5.41 Å². The molecule has 0 N–H and O–H groups in total. The number of hydrogen-bond acceptors (Lipinski definition) is 0. The van der Waals surface area contributed by atoms with Crippen molar-refractivity contribution >= 4 is 0 Å². The second kappa shape index (κ2) is 3.81. The molecular weight excluding hydrogens is 132 g/mol. The van der Waals surface area contributed by atoms with Gasteiger partial charge in [-0.1, -0.05) is 32.1 Å². The Hall–Kier alpha value is -0.440. The highest BCUT2D eigenvalue weighted by atomic mass is 14.3. The van der Waals surface area contributed by atoms with Crippen LogP contribution < -0.4 is 0 Å². The van der Waals surface area contributed by atoms with E-state index in [9.17, 15) is 0 Å². The predicted octanol–water partition coefficient (Wildman–Crippen LogP) is 3.37. The molecule has 0 heterocycles. The van der Waals surface area contributed by atoms with E-state index in [0.29, 0.717) is 5.41 Å². The van der Waals surface area contributed by atoms with Crippen molar-refractivity contribution in [3.8, 4) is 11.8 Å². The fourth-order valence-corrected chi connectivity index (χ4v) is 2.06. The van der Waals surface area contributed by atoms with Crippen LogP contribution in [0.25, 0.3) is 0 Å². The lowest BCUT2D eigenvalue weighted by molar-refractivity contribution is 0.262. The van der Waals surface area contributed by atoms with Gasteiger partial charge in [-0.25, -0.2) is 0 Å². The summed E-state index contributed by atoms with van der Waals surface area (Å²) >= 11 is 0. The molecule has 1 aliphatic rings. The second-order valence-electron chi connectivity index (χ2n) is 3.57. The van der Waals surface area contributed by atoms with Gasteiger partial charge < -0.3 is 0 Å². The van der Waals surface area contributed by atoms with E-state index >= 15 is 0 Å². The Balaban J connectivity index is 2.62. The standard InChI is InChI=1S/C11H18/c1-3-8-11(4-2)9-6-5-7-10-11/h4-7,9-10H2,1-2H3. The van der Waals surface area contributed by atoms with Crippen molar-refractivity contribution in [2.75, 3.05) is 0 Å². The Morgan fingerprint density at radius 3 is 2.27 bits per heavy atom. The van der Waals surface area contributed by atoms with Gasteiger partial charge in [0.1, 0.15) is 0 Å². The smallest absolute Gasteiger partial charge is 0.0312 e. The molecule has 62 valence electrons. The minimum atomic E-state index is 0.410. The summed E-state index contributed by atoms with van der Waals surface area (Å²) in [6.07, 6.45) is 8.13. The second-order valence-corrected chi connectivity index (χ2v) is 3.57. The molecule has 0 spiro atoms. The summed E-state index contributed by atoms with van der Waals surface area (Å²) in [6, 6.07) is 0. The lowest BCUT2D eigenvalue weighted by Crippen LogP contribution is -2.20. The lowest BCUT2D eigenvalue weighted by atomic mass is 9.73. The van der Waals surface area contributed by atoms with Crippen LogP contribution in [0.5, 0.6) is 0 Å². The van der Waals surface area contributed by atoms with E-state index < -0.39 is 0 Å². The van der Waals surface area contributed by atoms with Crippen molar-refractivity contribution < 1.29 is 0 Å². The van der Waals surface area contributed by atoms with Gasteiger partial charge in [0, 0.05) is 5.41 Å². The molecule has 0 atom stereocenters. The molecular formula is C11H18. The molecule has 0 aromatic heterocycles. The summed E-state index contributed by atoms with van der Waals surface area (Å²) in [4.78, 5) is 0. The molecule has 0 radical (unpaired) electrons. The van der Waals surface area contributed by atoms with Gasteiger partial charge in [0.15, 0.2) is 0 Å². The normalized spacial score (nSPS) is 22.0. The van der Waals surface area contributed by atoms with Gasteiger partial charge in [-0.2, -0.15) is 0 Å². The van der Waals surface area contributed by atoms with E-state index in [1.54, 1.807) is 0 Å². The van der Waals surface area contributed by atoms with Gasteiger partial charge >= 0.3 is 0 Å². The van der Waals surface area contributed by atoms with E-state index in [0.717, 1.165) is 0 Å². The molecule has 1 aliphatic carbocycles. The maximum Gasteiger partial charge on any atom is 0.0312 e. The summed E-state index contributed by atoms with van der Waals surface area (Å²) < 4.78 is 0. The highest BCUT2D eigenvalue weighted by Crippen LogP contribution is 2.38. The molecule has 0 nitrogen and oxygen atoms in total. The highest BCUT2D eigenvalue weighted by molar-refractivity contribution is 5.10. The van der Waals surface area contributed by atoms with E-state index in [1.165, 1.54) is 38.5 Å². The molecule has 1 saturated carbocycles. The number of rotatable bonds is 1. The van der Waals surface area contributed by atoms with Gasteiger partial charge in [-0.3, -0.25) is 0 Å². The molecule has 1 rings (SSSR count). The van der Waals surface area contributed by atoms with Crippen LogP contribution in [-0.2, 0) is 0 Å². The van der Waals surface area contributed by atoms with Crippen LogP contribution >= 0.6 is 0 Å². The molecule has 0 bridgehead atoms. The zero-order valence-electron chi connectivity index (χ0n) is 7.74. The fraction of sp³-hybridized carbons (Fsp3) is 0.818. The Bertz CT molecular complexity index is 162. The first-order chi connectivity index (χ1) is 5.33. The summed E-state index contributed by atoms with van der Waals surface area (Å²) in [7, 11) is 0. The summed E-state index contributed by atoms with van der Waals surface area (Å²) in [5.74, 6) is 6.48. The van der Waals surface area contributed by atoms with Crippen LogP contribution in [0.4, 0.5) is 0 Å². The first kappa shape index (κ1) is 8.65. The third-order valence-corrected chi connectivity index (χ3v) is 2.88. The van der Waals surface area contributed by atoms with Crippen LogP contribution in [0, 0.1) is 17.3 Å². The average Bonchev–Trinajstić information content (AvgIpc) is 2.07. The van der Waals surface area contributed by atoms with Crippen molar-refractivity contribution in [1.29, 1.82) is 0 Å². The zero-order valence-corrected chi connectivity index (χ0v) is 7.74. The monoisotopic (exact) mass is 150 g/mol. The maximum absolute atomic E-state index is 3.40. The zero-order chi connectivity index (χ0) is 8.16. The van der Waals surface area contributed by atoms with Crippen LogP contribution in [0.15, 0.2) is 0 Å². The predicted molar refractivity (Wildman–Crippen MR) is 49.3 cm³/mol. The summed E-state index contributed by atoms with van der Waals surface area (Å²) in [5, 5.41) is 0. The van der Waals surface area contributed by atoms with Crippen molar-refractivity contribution in [3.63, 3.8) is 0 Å². The fourth-order valence-electron chi connectivity index (χ4n) is 2.06. The van der Waals surface area contributed by atoms with E-state index in [4.69, 9.17) is 0 Å². The van der Waals surface area contributed by atoms with Crippen LogP contribution in [-0.4, -0.2) is 0 Å². The van der Waals surface area contributed by atoms with E-state index in [-0.39, 0.29) is 0 Å². The van der Waals surface area contributed by atoms with E-state index in [2.05, 4.69) is 18.8 Å². The summed E-state index contributed by atoms with van der Waals surface area (Å²) in [5.41, 5.74) is 0.410. The molecule has 0 saturated heterocycles. The Morgan fingerprint density at radius 1 is 1.18 bits per heavy atom. The third kappa shape index (κ3) is 1.99. The number of hydrogen-bond donors (Lipinski definition) is 0. The molecule has 0 unspecified atom stereocenters. The van der Waals surface area contributed by atoms with Crippen molar-refractivity contribution in [3.05, 3.63) is 0 Å². The Kier molecular flexibility index (Phi) is 3.00. The molecule has 0 aliphatic heterocycles.